The van der Waals surface area contributed by atoms with Crippen molar-refractivity contribution in [2.75, 3.05) is 6.54 Å². The second-order valence-electron chi connectivity index (χ2n) is 4.47. The summed E-state index contributed by atoms with van der Waals surface area (Å²) in [4.78, 5) is 1.24. The molecular formula is C11H16BrNO2S2. The SMILES string of the molecule is Cc1sc(Br)cc1S(=O)(=O)NCC1CCCC1. The van der Waals surface area contributed by atoms with Crippen molar-refractivity contribution in [2.45, 2.75) is 37.5 Å². The summed E-state index contributed by atoms with van der Waals surface area (Å²) in [6.07, 6.45) is 4.76. The number of hydrogen-bond donors (Lipinski definition) is 1. The molecular weight excluding hydrogens is 322 g/mol. The van der Waals surface area contributed by atoms with Crippen LogP contribution in [0.1, 0.15) is 30.6 Å². The maximum absolute atomic E-state index is 12.1. The molecule has 0 aromatic carbocycles. The second-order valence-corrected chi connectivity index (χ2v) is 8.84. The van der Waals surface area contributed by atoms with Gasteiger partial charge in [0.05, 0.1) is 8.68 Å². The van der Waals surface area contributed by atoms with Gasteiger partial charge in [-0.2, -0.15) is 0 Å². The lowest BCUT2D eigenvalue weighted by Crippen LogP contribution is -2.28. The Morgan fingerprint density at radius 1 is 1.47 bits per heavy atom. The molecule has 1 N–H and O–H groups in total. The van der Waals surface area contributed by atoms with Crippen LogP contribution in [0.2, 0.25) is 0 Å². The van der Waals surface area contributed by atoms with Crippen molar-refractivity contribution in [3.8, 4) is 0 Å². The average Bonchev–Trinajstić information content (AvgIpc) is 2.85. The predicted molar refractivity (Wildman–Crippen MR) is 73.9 cm³/mol. The highest BCUT2D eigenvalue weighted by Crippen LogP contribution is 2.30. The van der Waals surface area contributed by atoms with Crippen LogP contribution < -0.4 is 4.72 Å². The number of halogens is 1. The fourth-order valence-corrected chi connectivity index (χ4v) is 5.75. The molecule has 0 amide bonds. The zero-order valence-electron chi connectivity index (χ0n) is 9.70. The van der Waals surface area contributed by atoms with Gasteiger partial charge in [0.1, 0.15) is 0 Å². The van der Waals surface area contributed by atoms with E-state index >= 15 is 0 Å². The van der Waals surface area contributed by atoms with E-state index in [2.05, 4.69) is 20.7 Å². The third-order valence-corrected chi connectivity index (χ3v) is 6.40. The van der Waals surface area contributed by atoms with Crippen LogP contribution in [-0.2, 0) is 10.0 Å². The number of aryl methyl sites for hydroxylation is 1. The summed E-state index contributed by atoms with van der Waals surface area (Å²) < 4.78 is 27.8. The van der Waals surface area contributed by atoms with Gasteiger partial charge in [-0.05, 0) is 47.7 Å². The van der Waals surface area contributed by atoms with Crippen LogP contribution in [-0.4, -0.2) is 15.0 Å². The summed E-state index contributed by atoms with van der Waals surface area (Å²) >= 11 is 4.77. The Morgan fingerprint density at radius 2 is 2.12 bits per heavy atom. The normalized spacial score (nSPS) is 17.8. The van der Waals surface area contributed by atoms with E-state index in [1.807, 2.05) is 6.92 Å². The Morgan fingerprint density at radius 3 is 2.65 bits per heavy atom. The lowest BCUT2D eigenvalue weighted by molar-refractivity contribution is 0.519. The summed E-state index contributed by atoms with van der Waals surface area (Å²) in [5.74, 6) is 0.521. The van der Waals surface area contributed by atoms with Crippen LogP contribution in [0.3, 0.4) is 0 Å². The van der Waals surface area contributed by atoms with Gasteiger partial charge in [0, 0.05) is 11.4 Å². The molecule has 0 radical (unpaired) electrons. The van der Waals surface area contributed by atoms with Gasteiger partial charge in [0.15, 0.2) is 0 Å². The largest absolute Gasteiger partial charge is 0.241 e. The summed E-state index contributed by atoms with van der Waals surface area (Å²) in [6, 6.07) is 1.68. The third kappa shape index (κ3) is 3.30. The van der Waals surface area contributed by atoms with Crippen LogP contribution in [0.4, 0.5) is 0 Å². The minimum Gasteiger partial charge on any atom is -0.211 e. The monoisotopic (exact) mass is 337 g/mol. The average molecular weight is 338 g/mol. The molecule has 2 rings (SSSR count). The minimum absolute atomic E-state index is 0.410. The summed E-state index contributed by atoms with van der Waals surface area (Å²) in [6.45, 7) is 2.41. The van der Waals surface area contributed by atoms with E-state index in [1.165, 1.54) is 24.2 Å². The first kappa shape index (κ1) is 13.5. The van der Waals surface area contributed by atoms with Crippen molar-refractivity contribution in [1.82, 2.24) is 4.72 Å². The first-order valence-corrected chi connectivity index (χ1v) is 8.84. The fraction of sp³-hybridized carbons (Fsp3) is 0.636. The first-order chi connectivity index (χ1) is 7.99. The van der Waals surface area contributed by atoms with Gasteiger partial charge in [0.2, 0.25) is 10.0 Å². The molecule has 0 bridgehead atoms. The molecule has 0 unspecified atom stereocenters. The molecule has 1 aromatic rings. The van der Waals surface area contributed by atoms with Crippen LogP contribution in [0, 0.1) is 12.8 Å². The highest BCUT2D eigenvalue weighted by molar-refractivity contribution is 9.11. The van der Waals surface area contributed by atoms with Crippen molar-refractivity contribution < 1.29 is 8.42 Å². The molecule has 1 saturated carbocycles. The molecule has 1 fully saturated rings. The van der Waals surface area contributed by atoms with E-state index < -0.39 is 10.0 Å². The molecule has 1 heterocycles. The zero-order valence-corrected chi connectivity index (χ0v) is 12.9. The van der Waals surface area contributed by atoms with Crippen molar-refractivity contribution in [1.29, 1.82) is 0 Å². The van der Waals surface area contributed by atoms with Gasteiger partial charge in [-0.3, -0.25) is 0 Å². The maximum atomic E-state index is 12.1. The standard InChI is InChI=1S/C11H16BrNO2S2/c1-8-10(6-11(12)16-8)17(14,15)13-7-9-4-2-3-5-9/h6,9,13H,2-5,7H2,1H3. The number of thiophene rings is 1. The first-order valence-electron chi connectivity index (χ1n) is 5.74. The van der Waals surface area contributed by atoms with Gasteiger partial charge >= 0.3 is 0 Å². The van der Waals surface area contributed by atoms with Crippen molar-refractivity contribution in [2.24, 2.45) is 5.92 Å². The van der Waals surface area contributed by atoms with E-state index in [1.54, 1.807) is 6.07 Å². The molecule has 1 aromatic heterocycles. The number of nitrogens with one attached hydrogen (secondary N) is 1. The second kappa shape index (κ2) is 5.38. The molecule has 0 saturated heterocycles. The van der Waals surface area contributed by atoms with Crippen LogP contribution >= 0.6 is 27.3 Å². The molecule has 1 aliphatic carbocycles. The van der Waals surface area contributed by atoms with E-state index in [9.17, 15) is 8.42 Å². The smallest absolute Gasteiger partial charge is 0.211 e. The lowest BCUT2D eigenvalue weighted by atomic mass is 10.1. The van der Waals surface area contributed by atoms with Crippen LogP contribution in [0.25, 0.3) is 0 Å². The van der Waals surface area contributed by atoms with Gasteiger partial charge in [-0.25, -0.2) is 13.1 Å². The molecule has 1 aliphatic rings. The molecule has 6 heteroatoms. The highest BCUT2D eigenvalue weighted by atomic mass is 79.9. The Hall–Kier alpha value is 0.0900. The summed E-state index contributed by atoms with van der Waals surface area (Å²) in [5, 5.41) is 0. The summed E-state index contributed by atoms with van der Waals surface area (Å²) in [5.41, 5.74) is 0. The Balaban J connectivity index is 2.05. The number of rotatable bonds is 4. The van der Waals surface area contributed by atoms with E-state index in [0.717, 1.165) is 21.5 Å². The van der Waals surface area contributed by atoms with Gasteiger partial charge in [-0.15, -0.1) is 11.3 Å². The van der Waals surface area contributed by atoms with Gasteiger partial charge < -0.3 is 0 Å². The van der Waals surface area contributed by atoms with Gasteiger partial charge in [0.25, 0.3) is 0 Å². The minimum atomic E-state index is -3.33. The van der Waals surface area contributed by atoms with Crippen LogP contribution in [0.5, 0.6) is 0 Å². The molecule has 96 valence electrons. The Labute approximate surface area is 115 Å². The number of sulfonamides is 1. The topological polar surface area (TPSA) is 46.2 Å². The van der Waals surface area contributed by atoms with E-state index in [-0.39, 0.29) is 0 Å². The fourth-order valence-electron chi connectivity index (χ4n) is 2.22. The van der Waals surface area contributed by atoms with Crippen molar-refractivity contribution >= 4 is 37.3 Å². The molecule has 0 spiro atoms. The van der Waals surface area contributed by atoms with Gasteiger partial charge in [-0.1, -0.05) is 12.8 Å². The van der Waals surface area contributed by atoms with Crippen LogP contribution in [0.15, 0.2) is 14.7 Å². The Kier molecular flexibility index (Phi) is 4.28. The molecule has 0 atom stereocenters. The highest BCUT2D eigenvalue weighted by Gasteiger charge is 2.22. The Bertz CT molecular complexity index is 490. The van der Waals surface area contributed by atoms with Crippen molar-refractivity contribution in [3.63, 3.8) is 0 Å². The summed E-state index contributed by atoms with van der Waals surface area (Å²) in [7, 11) is -3.33. The van der Waals surface area contributed by atoms with Crippen molar-refractivity contribution in [3.05, 3.63) is 14.7 Å². The van der Waals surface area contributed by atoms with E-state index in [0.29, 0.717) is 17.4 Å². The molecule has 3 nitrogen and oxygen atoms in total. The molecule has 0 aliphatic heterocycles. The molecule has 17 heavy (non-hydrogen) atoms. The predicted octanol–water partition coefficient (Wildman–Crippen LogP) is 3.29. The zero-order chi connectivity index (χ0) is 12.5. The third-order valence-electron chi connectivity index (χ3n) is 3.17. The quantitative estimate of drug-likeness (QED) is 0.916. The number of hydrogen-bond acceptors (Lipinski definition) is 3. The van der Waals surface area contributed by atoms with E-state index in [4.69, 9.17) is 0 Å². The lowest BCUT2D eigenvalue weighted by Gasteiger charge is -2.10. The maximum Gasteiger partial charge on any atom is 0.241 e.